The first-order chi connectivity index (χ1) is 9.50. The molecule has 0 bridgehead atoms. The molecular formula is C14H10F3N3. The molecule has 2 rings (SSSR count). The number of rotatable bonds is 3. The van der Waals surface area contributed by atoms with E-state index in [2.05, 4.69) is 10.3 Å². The molecule has 102 valence electrons. The molecule has 1 unspecified atom stereocenters. The first-order valence-corrected chi connectivity index (χ1v) is 5.74. The Morgan fingerprint density at radius 2 is 1.85 bits per heavy atom. The molecule has 0 amide bonds. The van der Waals surface area contributed by atoms with Crippen molar-refractivity contribution in [1.29, 1.82) is 5.26 Å². The van der Waals surface area contributed by atoms with E-state index in [-0.39, 0.29) is 0 Å². The lowest BCUT2D eigenvalue weighted by molar-refractivity contribution is -0.137. The molecule has 1 heterocycles. The van der Waals surface area contributed by atoms with Gasteiger partial charge in [-0.2, -0.15) is 18.4 Å². The van der Waals surface area contributed by atoms with E-state index in [0.717, 1.165) is 12.1 Å². The highest BCUT2D eigenvalue weighted by Crippen LogP contribution is 2.30. The number of hydrogen-bond donors (Lipinski definition) is 1. The van der Waals surface area contributed by atoms with Gasteiger partial charge in [-0.1, -0.05) is 6.07 Å². The van der Waals surface area contributed by atoms with Crippen molar-refractivity contribution in [3.8, 4) is 6.07 Å². The largest absolute Gasteiger partial charge is 0.416 e. The molecule has 0 aliphatic rings. The van der Waals surface area contributed by atoms with Crippen LogP contribution in [0.3, 0.4) is 0 Å². The SMILES string of the molecule is N#CC(Nc1ccc(C(F)(F)F)cc1)c1cccnc1. The summed E-state index contributed by atoms with van der Waals surface area (Å²) in [6.45, 7) is 0. The zero-order valence-electron chi connectivity index (χ0n) is 10.2. The van der Waals surface area contributed by atoms with Crippen LogP contribution in [0.15, 0.2) is 48.8 Å². The summed E-state index contributed by atoms with van der Waals surface area (Å²) >= 11 is 0. The molecule has 0 radical (unpaired) electrons. The molecule has 0 spiro atoms. The normalized spacial score (nSPS) is 12.5. The zero-order valence-corrected chi connectivity index (χ0v) is 10.2. The van der Waals surface area contributed by atoms with Crippen LogP contribution >= 0.6 is 0 Å². The summed E-state index contributed by atoms with van der Waals surface area (Å²) < 4.78 is 37.3. The molecular weight excluding hydrogens is 267 g/mol. The summed E-state index contributed by atoms with van der Waals surface area (Å²) in [6, 6.07) is 9.32. The van der Waals surface area contributed by atoms with Crippen molar-refractivity contribution in [3.63, 3.8) is 0 Å². The van der Waals surface area contributed by atoms with Crippen molar-refractivity contribution in [2.24, 2.45) is 0 Å². The second kappa shape index (κ2) is 5.61. The maximum atomic E-state index is 12.4. The minimum Gasteiger partial charge on any atom is -0.366 e. The molecule has 0 aliphatic carbocycles. The quantitative estimate of drug-likeness (QED) is 0.928. The van der Waals surface area contributed by atoms with E-state index in [1.807, 2.05) is 6.07 Å². The number of aromatic nitrogens is 1. The van der Waals surface area contributed by atoms with Crippen molar-refractivity contribution >= 4 is 5.69 Å². The van der Waals surface area contributed by atoms with Gasteiger partial charge in [0.15, 0.2) is 0 Å². The van der Waals surface area contributed by atoms with Gasteiger partial charge in [0.25, 0.3) is 0 Å². The van der Waals surface area contributed by atoms with Crippen LogP contribution < -0.4 is 5.32 Å². The van der Waals surface area contributed by atoms with Gasteiger partial charge in [0, 0.05) is 23.6 Å². The molecule has 1 N–H and O–H groups in total. The van der Waals surface area contributed by atoms with Crippen molar-refractivity contribution in [2.45, 2.75) is 12.2 Å². The Morgan fingerprint density at radius 1 is 1.15 bits per heavy atom. The Morgan fingerprint density at radius 3 is 2.35 bits per heavy atom. The molecule has 20 heavy (non-hydrogen) atoms. The van der Waals surface area contributed by atoms with E-state index in [9.17, 15) is 13.2 Å². The first kappa shape index (κ1) is 13.9. The number of nitriles is 1. The molecule has 2 aromatic rings. The zero-order chi connectivity index (χ0) is 14.6. The van der Waals surface area contributed by atoms with Gasteiger partial charge in [0.05, 0.1) is 11.6 Å². The van der Waals surface area contributed by atoms with Gasteiger partial charge in [-0.3, -0.25) is 4.98 Å². The number of halogens is 3. The van der Waals surface area contributed by atoms with Crippen molar-refractivity contribution in [2.75, 3.05) is 5.32 Å². The third kappa shape index (κ3) is 3.26. The van der Waals surface area contributed by atoms with E-state index in [1.54, 1.807) is 18.3 Å². The van der Waals surface area contributed by atoms with Gasteiger partial charge in [0.2, 0.25) is 0 Å². The van der Waals surface area contributed by atoms with Crippen LogP contribution in [0, 0.1) is 11.3 Å². The standard InChI is InChI=1S/C14H10F3N3/c15-14(16,17)11-3-5-12(6-4-11)20-13(8-18)10-2-1-7-19-9-10/h1-7,9,13,20H. The number of benzene rings is 1. The van der Waals surface area contributed by atoms with Crippen LogP contribution in [0.4, 0.5) is 18.9 Å². The maximum Gasteiger partial charge on any atom is 0.416 e. The molecule has 0 saturated carbocycles. The molecule has 1 aromatic carbocycles. The van der Waals surface area contributed by atoms with Crippen LogP contribution in [0.25, 0.3) is 0 Å². The lowest BCUT2D eigenvalue weighted by Crippen LogP contribution is -2.09. The third-order valence-corrected chi connectivity index (χ3v) is 2.67. The highest BCUT2D eigenvalue weighted by Gasteiger charge is 2.30. The number of anilines is 1. The van der Waals surface area contributed by atoms with E-state index < -0.39 is 17.8 Å². The summed E-state index contributed by atoms with van der Waals surface area (Å²) in [7, 11) is 0. The van der Waals surface area contributed by atoms with Crippen LogP contribution in [-0.2, 0) is 6.18 Å². The van der Waals surface area contributed by atoms with Crippen molar-refractivity contribution < 1.29 is 13.2 Å². The third-order valence-electron chi connectivity index (χ3n) is 2.67. The van der Waals surface area contributed by atoms with Gasteiger partial charge in [-0.15, -0.1) is 0 Å². The Kier molecular flexibility index (Phi) is 3.89. The fraction of sp³-hybridized carbons (Fsp3) is 0.143. The highest BCUT2D eigenvalue weighted by atomic mass is 19.4. The average molecular weight is 277 g/mol. The Hall–Kier alpha value is -2.55. The molecule has 6 heteroatoms. The molecule has 3 nitrogen and oxygen atoms in total. The molecule has 0 fully saturated rings. The number of nitrogens with one attached hydrogen (secondary N) is 1. The minimum atomic E-state index is -4.36. The van der Waals surface area contributed by atoms with Gasteiger partial charge in [-0.25, -0.2) is 0 Å². The van der Waals surface area contributed by atoms with Crippen molar-refractivity contribution in [1.82, 2.24) is 4.98 Å². The predicted octanol–water partition coefficient (Wildman–Crippen LogP) is 3.78. The van der Waals surface area contributed by atoms with Crippen LogP contribution in [0.1, 0.15) is 17.2 Å². The summed E-state index contributed by atoms with van der Waals surface area (Å²) in [5.74, 6) is 0. The Bertz CT molecular complexity index is 600. The topological polar surface area (TPSA) is 48.7 Å². The summed E-state index contributed by atoms with van der Waals surface area (Å²) in [4.78, 5) is 3.90. The number of nitrogens with zero attached hydrogens (tertiary/aromatic N) is 2. The number of hydrogen-bond acceptors (Lipinski definition) is 3. The van der Waals surface area contributed by atoms with Crippen molar-refractivity contribution in [3.05, 3.63) is 59.9 Å². The summed E-state index contributed by atoms with van der Waals surface area (Å²) in [6.07, 6.45) is -1.25. The smallest absolute Gasteiger partial charge is 0.366 e. The van der Waals surface area contributed by atoms with Gasteiger partial charge >= 0.3 is 6.18 Å². The Balaban J connectivity index is 2.15. The van der Waals surface area contributed by atoms with Crippen LogP contribution in [0.2, 0.25) is 0 Å². The fourth-order valence-corrected chi connectivity index (χ4v) is 1.66. The second-order valence-corrected chi connectivity index (χ2v) is 4.07. The fourth-order valence-electron chi connectivity index (χ4n) is 1.66. The minimum absolute atomic E-state index is 0.438. The highest BCUT2D eigenvalue weighted by molar-refractivity contribution is 5.48. The number of alkyl halides is 3. The molecule has 0 aliphatic heterocycles. The van der Waals surface area contributed by atoms with Crippen LogP contribution in [-0.4, -0.2) is 4.98 Å². The van der Waals surface area contributed by atoms with E-state index in [1.165, 1.54) is 18.3 Å². The van der Waals surface area contributed by atoms with Crippen LogP contribution in [0.5, 0.6) is 0 Å². The predicted molar refractivity (Wildman–Crippen MR) is 67.7 cm³/mol. The molecule has 1 atom stereocenters. The lowest BCUT2D eigenvalue weighted by Gasteiger charge is -2.13. The molecule has 0 saturated heterocycles. The van der Waals surface area contributed by atoms with E-state index in [0.29, 0.717) is 11.3 Å². The summed E-state index contributed by atoms with van der Waals surface area (Å²) in [5.41, 5.74) is 0.362. The van der Waals surface area contributed by atoms with Gasteiger partial charge in [0.1, 0.15) is 6.04 Å². The lowest BCUT2D eigenvalue weighted by atomic mass is 10.1. The maximum absolute atomic E-state index is 12.4. The second-order valence-electron chi connectivity index (χ2n) is 4.07. The van der Waals surface area contributed by atoms with Gasteiger partial charge < -0.3 is 5.32 Å². The first-order valence-electron chi connectivity index (χ1n) is 5.74. The summed E-state index contributed by atoms with van der Waals surface area (Å²) in [5, 5.41) is 12.0. The van der Waals surface area contributed by atoms with E-state index in [4.69, 9.17) is 5.26 Å². The Labute approximate surface area is 113 Å². The molecule has 1 aromatic heterocycles. The van der Waals surface area contributed by atoms with E-state index >= 15 is 0 Å². The number of pyridine rings is 1. The van der Waals surface area contributed by atoms with Gasteiger partial charge in [-0.05, 0) is 30.3 Å². The average Bonchev–Trinajstić information content (AvgIpc) is 2.45. The monoisotopic (exact) mass is 277 g/mol.